The first-order chi connectivity index (χ1) is 13.9. The van der Waals surface area contributed by atoms with Crippen molar-refractivity contribution in [1.82, 2.24) is 14.5 Å². The average molecular weight is 486 g/mol. The Hall–Kier alpha value is -1.58. The Morgan fingerprint density at radius 3 is 2.93 bits per heavy atom. The maximum Gasteiger partial charge on any atom is 0.226 e. The van der Waals surface area contributed by atoms with Crippen molar-refractivity contribution in [2.75, 3.05) is 13.2 Å². The number of carbonyl (C=O) groups excluding carboxylic acids is 1. The lowest BCUT2D eigenvalue weighted by Gasteiger charge is -2.23. The minimum Gasteiger partial charge on any atom is -0.379 e. The Bertz CT molecular complexity index is 1010. The third kappa shape index (κ3) is 3.92. The number of rotatable bonds is 4. The van der Waals surface area contributed by atoms with Crippen LogP contribution < -0.4 is 5.32 Å². The van der Waals surface area contributed by atoms with Gasteiger partial charge in [0, 0.05) is 43.1 Å². The summed E-state index contributed by atoms with van der Waals surface area (Å²) in [6.45, 7) is 1.66. The maximum atomic E-state index is 14.6. The second kappa shape index (κ2) is 8.28. The van der Waals surface area contributed by atoms with Crippen LogP contribution in [0, 0.1) is 16.4 Å². The van der Waals surface area contributed by atoms with Gasteiger partial charge < -0.3 is 19.2 Å². The van der Waals surface area contributed by atoms with Crippen molar-refractivity contribution < 1.29 is 18.3 Å². The summed E-state index contributed by atoms with van der Waals surface area (Å²) in [6, 6.07) is 2.66. The van der Waals surface area contributed by atoms with Gasteiger partial charge in [0.2, 0.25) is 5.91 Å². The standard InChI is InChI=1S/C20H22BrF2N3O2S/c1-25-15(8-17(27)24-12-3-2-6-28-10-12)16-7-11(9-26(16)20(25)29)18-14(22)5-4-13(21)19(18)23/h4-5,11-12H,2-3,6-10H2,1H3,(H,24,27). The second-order valence-electron chi connectivity index (χ2n) is 7.66. The minimum absolute atomic E-state index is 0.0257. The highest BCUT2D eigenvalue weighted by atomic mass is 79.9. The molecule has 4 rings (SSSR count). The molecular weight excluding hydrogens is 464 g/mol. The molecule has 1 fully saturated rings. The number of aromatic nitrogens is 2. The molecule has 0 radical (unpaired) electrons. The van der Waals surface area contributed by atoms with Crippen molar-refractivity contribution in [3.05, 3.63) is 50.0 Å². The Kier molecular flexibility index (Phi) is 5.90. The zero-order valence-corrected chi connectivity index (χ0v) is 18.4. The number of imidazole rings is 1. The number of hydrogen-bond acceptors (Lipinski definition) is 3. The Morgan fingerprint density at radius 2 is 2.21 bits per heavy atom. The molecule has 2 aliphatic rings. The molecule has 0 spiro atoms. The molecule has 1 saturated heterocycles. The summed E-state index contributed by atoms with van der Waals surface area (Å²) < 4.78 is 38.9. The first-order valence-electron chi connectivity index (χ1n) is 9.64. The third-order valence-corrected chi connectivity index (χ3v) is 6.87. The molecule has 1 aromatic carbocycles. The first kappa shape index (κ1) is 20.7. The lowest BCUT2D eigenvalue weighted by Crippen LogP contribution is -2.41. The van der Waals surface area contributed by atoms with E-state index >= 15 is 0 Å². The molecule has 1 N–H and O–H groups in total. The smallest absolute Gasteiger partial charge is 0.226 e. The number of amides is 1. The van der Waals surface area contributed by atoms with E-state index in [0.717, 1.165) is 30.8 Å². The van der Waals surface area contributed by atoms with Gasteiger partial charge in [0.05, 0.1) is 23.5 Å². The molecular formula is C20H22BrF2N3O2S. The van der Waals surface area contributed by atoms with Crippen molar-refractivity contribution in [2.24, 2.45) is 7.05 Å². The summed E-state index contributed by atoms with van der Waals surface area (Å²) in [5, 5.41) is 3.02. The Balaban J connectivity index is 1.57. The number of ether oxygens (including phenoxy) is 1. The number of benzene rings is 1. The van der Waals surface area contributed by atoms with Crippen molar-refractivity contribution >= 4 is 34.1 Å². The van der Waals surface area contributed by atoms with Crippen molar-refractivity contribution in [2.45, 2.75) is 44.2 Å². The van der Waals surface area contributed by atoms with E-state index in [4.69, 9.17) is 17.0 Å². The van der Waals surface area contributed by atoms with Gasteiger partial charge >= 0.3 is 0 Å². The van der Waals surface area contributed by atoms with Gasteiger partial charge in [-0.2, -0.15) is 0 Å². The van der Waals surface area contributed by atoms with E-state index in [0.29, 0.717) is 24.3 Å². The highest BCUT2D eigenvalue weighted by Crippen LogP contribution is 2.37. The number of carbonyl (C=O) groups is 1. The van der Waals surface area contributed by atoms with Gasteiger partial charge in [-0.1, -0.05) is 0 Å². The van der Waals surface area contributed by atoms with Crippen LogP contribution in [-0.2, 0) is 36.0 Å². The number of nitrogens with one attached hydrogen (secondary N) is 1. The Labute approximate surface area is 181 Å². The third-order valence-electron chi connectivity index (χ3n) is 5.77. The summed E-state index contributed by atoms with van der Waals surface area (Å²) in [7, 11) is 1.83. The highest BCUT2D eigenvalue weighted by molar-refractivity contribution is 9.10. The predicted molar refractivity (Wildman–Crippen MR) is 110 cm³/mol. The van der Waals surface area contributed by atoms with E-state index in [2.05, 4.69) is 21.2 Å². The summed E-state index contributed by atoms with van der Waals surface area (Å²) in [6.07, 6.45) is 2.45. The fourth-order valence-corrected chi connectivity index (χ4v) is 4.95. The molecule has 2 unspecified atom stereocenters. The van der Waals surface area contributed by atoms with Crippen LogP contribution in [0.3, 0.4) is 0 Å². The second-order valence-corrected chi connectivity index (χ2v) is 8.88. The van der Waals surface area contributed by atoms with Gasteiger partial charge in [0.1, 0.15) is 11.6 Å². The summed E-state index contributed by atoms with van der Waals surface area (Å²) in [5.74, 6) is -1.59. The molecule has 0 saturated carbocycles. The summed E-state index contributed by atoms with van der Waals surface area (Å²) in [4.78, 5) is 12.6. The highest BCUT2D eigenvalue weighted by Gasteiger charge is 2.33. The van der Waals surface area contributed by atoms with E-state index in [1.54, 1.807) is 0 Å². The molecule has 0 aliphatic carbocycles. The molecule has 29 heavy (non-hydrogen) atoms. The molecule has 156 valence electrons. The SMILES string of the molecule is Cn1c(CC(=O)NC2CCCOC2)c2n(c1=S)CC(c1c(F)ccc(Br)c1F)C2. The topological polar surface area (TPSA) is 48.2 Å². The summed E-state index contributed by atoms with van der Waals surface area (Å²) >= 11 is 8.66. The zero-order chi connectivity index (χ0) is 20.7. The van der Waals surface area contributed by atoms with Crippen molar-refractivity contribution in [3.63, 3.8) is 0 Å². The minimum atomic E-state index is -0.576. The van der Waals surface area contributed by atoms with Crippen molar-refractivity contribution in [1.29, 1.82) is 0 Å². The lowest BCUT2D eigenvalue weighted by molar-refractivity contribution is -0.122. The molecule has 1 aromatic heterocycles. The van der Waals surface area contributed by atoms with Gasteiger partial charge in [0.25, 0.3) is 0 Å². The number of halogens is 3. The normalized spacial score (nSPS) is 21.2. The van der Waals surface area contributed by atoms with Gasteiger partial charge in [-0.3, -0.25) is 4.79 Å². The molecule has 3 heterocycles. The van der Waals surface area contributed by atoms with Crippen LogP contribution in [0.2, 0.25) is 0 Å². The zero-order valence-electron chi connectivity index (χ0n) is 16.0. The number of hydrogen-bond donors (Lipinski definition) is 1. The lowest BCUT2D eigenvalue weighted by atomic mass is 9.95. The fourth-order valence-electron chi connectivity index (χ4n) is 4.31. The maximum absolute atomic E-state index is 14.6. The fraction of sp³-hybridized carbons (Fsp3) is 0.500. The van der Waals surface area contributed by atoms with Gasteiger partial charge in [0.15, 0.2) is 4.77 Å². The predicted octanol–water partition coefficient (Wildman–Crippen LogP) is 3.77. The van der Waals surface area contributed by atoms with E-state index in [-0.39, 0.29) is 34.3 Å². The van der Waals surface area contributed by atoms with Crippen LogP contribution in [-0.4, -0.2) is 34.3 Å². The molecule has 2 atom stereocenters. The first-order valence-corrected chi connectivity index (χ1v) is 10.8. The van der Waals surface area contributed by atoms with E-state index in [9.17, 15) is 13.6 Å². The number of fused-ring (bicyclic) bond motifs is 1. The average Bonchev–Trinajstić information content (AvgIpc) is 3.21. The number of nitrogens with zero attached hydrogens (tertiary/aromatic N) is 2. The van der Waals surface area contributed by atoms with Gasteiger partial charge in [-0.15, -0.1) is 0 Å². The van der Waals surface area contributed by atoms with Gasteiger partial charge in [-0.25, -0.2) is 8.78 Å². The van der Waals surface area contributed by atoms with Crippen LogP contribution >= 0.6 is 28.1 Å². The van der Waals surface area contributed by atoms with Crippen LogP contribution in [0.1, 0.15) is 35.7 Å². The van der Waals surface area contributed by atoms with E-state index in [1.807, 2.05) is 16.2 Å². The quantitative estimate of drug-likeness (QED) is 0.529. The Morgan fingerprint density at radius 1 is 1.41 bits per heavy atom. The van der Waals surface area contributed by atoms with Crippen LogP contribution in [0.25, 0.3) is 0 Å². The van der Waals surface area contributed by atoms with Crippen LogP contribution in [0.15, 0.2) is 16.6 Å². The molecule has 2 aromatic rings. The molecule has 9 heteroatoms. The van der Waals surface area contributed by atoms with Gasteiger partial charge in [-0.05, 0) is 59.5 Å². The summed E-state index contributed by atoms with van der Waals surface area (Å²) in [5.41, 5.74) is 1.73. The van der Waals surface area contributed by atoms with E-state index < -0.39 is 11.6 Å². The van der Waals surface area contributed by atoms with Crippen molar-refractivity contribution in [3.8, 4) is 0 Å². The van der Waals surface area contributed by atoms with Crippen LogP contribution in [0.5, 0.6) is 0 Å². The van der Waals surface area contributed by atoms with Crippen LogP contribution in [0.4, 0.5) is 8.78 Å². The molecule has 1 amide bonds. The molecule has 5 nitrogen and oxygen atoms in total. The van der Waals surface area contributed by atoms with E-state index in [1.165, 1.54) is 12.1 Å². The molecule has 2 aliphatic heterocycles. The largest absolute Gasteiger partial charge is 0.379 e. The molecule has 0 bridgehead atoms. The monoisotopic (exact) mass is 485 g/mol.